The number of nitrogens with zero attached hydrogens (tertiary/aromatic N) is 2. The van der Waals surface area contributed by atoms with E-state index in [1.54, 1.807) is 0 Å². The molecule has 2 heterocycles. The van der Waals surface area contributed by atoms with Crippen LogP contribution in [0.3, 0.4) is 0 Å². The minimum absolute atomic E-state index is 0.0116. The predicted molar refractivity (Wildman–Crippen MR) is 146 cm³/mol. The molecule has 5 rings (SSSR count). The van der Waals surface area contributed by atoms with Crippen LogP contribution >= 0.6 is 0 Å². The molecule has 2 aromatic rings. The Morgan fingerprint density at radius 1 is 1.28 bits per heavy atom. The minimum atomic E-state index is -0.547. The fourth-order valence-electron chi connectivity index (χ4n) is 5.70. The van der Waals surface area contributed by atoms with E-state index in [0.29, 0.717) is 41.3 Å². The van der Waals surface area contributed by atoms with Crippen LogP contribution in [0.4, 0.5) is 27.1 Å². The van der Waals surface area contributed by atoms with Crippen molar-refractivity contribution in [1.29, 1.82) is 0 Å². The Balaban J connectivity index is 1.46. The van der Waals surface area contributed by atoms with E-state index in [4.69, 9.17) is 10.5 Å². The fraction of sp³-hybridized carbons (Fsp3) is 0.379. The Hall–Kier alpha value is -3.61. The average molecular weight is 491 g/mol. The summed E-state index contributed by atoms with van der Waals surface area (Å²) in [5.74, 6) is -0.182. The maximum atomic E-state index is 15.8. The molecule has 190 valence electrons. The summed E-state index contributed by atoms with van der Waals surface area (Å²) in [5.41, 5.74) is 9.91. The van der Waals surface area contributed by atoms with Crippen LogP contribution in [0.5, 0.6) is 5.75 Å². The molecule has 1 saturated carbocycles. The lowest BCUT2D eigenvalue weighted by atomic mass is 9.72. The monoisotopic (exact) mass is 490 g/mol. The molecule has 4 N–H and O–H groups in total. The SMILES string of the molecule is C=C(O)C1=CN2c3c(c(NCCCN(CC)c4ccccc4)c(F)c(N)c3C1=C)OCCC21CCC1. The maximum absolute atomic E-state index is 15.8. The number of nitrogens with one attached hydrogen (secondary N) is 1. The molecule has 0 amide bonds. The molecule has 0 saturated heterocycles. The van der Waals surface area contributed by atoms with Crippen LogP contribution in [0.2, 0.25) is 0 Å². The molecule has 1 spiro atoms. The first-order valence-electron chi connectivity index (χ1n) is 12.8. The number of hydrogen-bond donors (Lipinski definition) is 3. The van der Waals surface area contributed by atoms with Crippen molar-refractivity contribution in [2.75, 3.05) is 47.1 Å². The van der Waals surface area contributed by atoms with Crippen LogP contribution in [0.25, 0.3) is 5.57 Å². The zero-order valence-electron chi connectivity index (χ0n) is 20.9. The van der Waals surface area contributed by atoms with Gasteiger partial charge in [0.2, 0.25) is 0 Å². The highest BCUT2D eigenvalue weighted by Crippen LogP contribution is 2.57. The average Bonchev–Trinajstić information content (AvgIpc) is 3.02. The van der Waals surface area contributed by atoms with E-state index >= 15 is 4.39 Å². The highest BCUT2D eigenvalue weighted by Gasteiger charge is 2.48. The van der Waals surface area contributed by atoms with Crippen LogP contribution in [0, 0.1) is 5.82 Å². The molecule has 1 fully saturated rings. The van der Waals surface area contributed by atoms with Crippen molar-refractivity contribution in [3.63, 3.8) is 0 Å². The van der Waals surface area contributed by atoms with E-state index in [-0.39, 0.29) is 17.0 Å². The van der Waals surface area contributed by atoms with E-state index in [0.717, 1.165) is 50.9 Å². The number of allylic oxidation sites excluding steroid dienone is 1. The Labute approximate surface area is 212 Å². The van der Waals surface area contributed by atoms with E-state index in [1.807, 2.05) is 24.4 Å². The van der Waals surface area contributed by atoms with Crippen LogP contribution in [-0.4, -0.2) is 36.9 Å². The van der Waals surface area contributed by atoms with Crippen molar-refractivity contribution in [2.45, 2.75) is 44.6 Å². The number of halogens is 1. The second-order valence-electron chi connectivity index (χ2n) is 9.87. The number of aliphatic hydroxyl groups excluding tert-OH is 1. The molecule has 0 unspecified atom stereocenters. The van der Waals surface area contributed by atoms with Crippen molar-refractivity contribution >= 4 is 28.3 Å². The molecule has 0 bridgehead atoms. The highest BCUT2D eigenvalue weighted by atomic mass is 19.1. The molecule has 3 aliphatic rings. The van der Waals surface area contributed by atoms with Crippen LogP contribution in [-0.2, 0) is 0 Å². The van der Waals surface area contributed by atoms with Gasteiger partial charge in [0, 0.05) is 54.6 Å². The van der Waals surface area contributed by atoms with Crippen LogP contribution in [0.15, 0.2) is 61.0 Å². The number of fused-ring (bicyclic) bond motifs is 1. The van der Waals surface area contributed by atoms with E-state index < -0.39 is 5.82 Å². The number of rotatable bonds is 8. The number of nitrogens with two attached hydrogens (primary N) is 1. The fourth-order valence-corrected chi connectivity index (χ4v) is 5.70. The first-order valence-corrected chi connectivity index (χ1v) is 12.8. The molecule has 36 heavy (non-hydrogen) atoms. The van der Waals surface area contributed by atoms with Gasteiger partial charge in [0.25, 0.3) is 0 Å². The smallest absolute Gasteiger partial charge is 0.173 e. The normalized spacial score (nSPS) is 17.4. The molecule has 2 aliphatic heterocycles. The zero-order chi connectivity index (χ0) is 25.4. The number of hydrogen-bond acceptors (Lipinski definition) is 6. The maximum Gasteiger partial charge on any atom is 0.173 e. The Morgan fingerprint density at radius 3 is 2.67 bits per heavy atom. The molecule has 2 aromatic carbocycles. The third-order valence-corrected chi connectivity index (χ3v) is 7.86. The first kappa shape index (κ1) is 24.1. The van der Waals surface area contributed by atoms with E-state index in [9.17, 15) is 5.11 Å². The quantitative estimate of drug-likeness (QED) is 0.231. The van der Waals surface area contributed by atoms with Gasteiger partial charge in [-0.15, -0.1) is 0 Å². The molecule has 0 atom stereocenters. The summed E-state index contributed by atoms with van der Waals surface area (Å²) < 4.78 is 22.0. The number of ether oxygens (including phenoxy) is 1. The van der Waals surface area contributed by atoms with Gasteiger partial charge in [-0.2, -0.15) is 0 Å². The van der Waals surface area contributed by atoms with E-state index in [2.05, 4.69) is 47.3 Å². The molecular formula is C29H35FN4O2. The summed E-state index contributed by atoms with van der Waals surface area (Å²) >= 11 is 0. The molecular weight excluding hydrogens is 455 g/mol. The Morgan fingerprint density at radius 2 is 2.03 bits per heavy atom. The third kappa shape index (κ3) is 3.87. The summed E-state index contributed by atoms with van der Waals surface area (Å²) in [6.45, 7) is 12.7. The largest absolute Gasteiger partial charge is 0.508 e. The summed E-state index contributed by atoms with van der Waals surface area (Å²) in [6.07, 6.45) is 6.62. The van der Waals surface area contributed by atoms with Gasteiger partial charge in [0.15, 0.2) is 11.6 Å². The van der Waals surface area contributed by atoms with Crippen LogP contribution in [0.1, 0.15) is 44.6 Å². The lowest BCUT2D eigenvalue weighted by Gasteiger charge is -2.51. The summed E-state index contributed by atoms with van der Waals surface area (Å²) in [7, 11) is 0. The van der Waals surface area contributed by atoms with Gasteiger partial charge in [0.05, 0.1) is 18.0 Å². The van der Waals surface area contributed by atoms with Crippen molar-refractivity contribution < 1.29 is 14.2 Å². The molecule has 0 radical (unpaired) electrons. The molecule has 6 nitrogen and oxygen atoms in total. The van der Waals surface area contributed by atoms with Crippen molar-refractivity contribution in [3.05, 3.63) is 72.4 Å². The van der Waals surface area contributed by atoms with E-state index in [1.165, 1.54) is 5.69 Å². The van der Waals surface area contributed by atoms with Gasteiger partial charge in [-0.05, 0) is 50.3 Å². The second-order valence-corrected chi connectivity index (χ2v) is 9.87. The number of aliphatic hydroxyl groups is 1. The van der Waals surface area contributed by atoms with Gasteiger partial charge < -0.3 is 30.7 Å². The van der Waals surface area contributed by atoms with Gasteiger partial charge in [0.1, 0.15) is 11.4 Å². The third-order valence-electron chi connectivity index (χ3n) is 7.86. The molecule has 7 heteroatoms. The lowest BCUT2D eigenvalue weighted by molar-refractivity contribution is 0.194. The molecule has 0 aromatic heterocycles. The summed E-state index contributed by atoms with van der Waals surface area (Å²) in [5, 5.41) is 13.6. The number of para-hydroxylation sites is 1. The second kappa shape index (κ2) is 9.45. The minimum Gasteiger partial charge on any atom is -0.508 e. The molecule has 1 aliphatic carbocycles. The Bertz CT molecular complexity index is 1220. The van der Waals surface area contributed by atoms with Gasteiger partial charge >= 0.3 is 0 Å². The zero-order valence-corrected chi connectivity index (χ0v) is 20.9. The summed E-state index contributed by atoms with van der Waals surface area (Å²) in [6, 6.07) is 10.3. The van der Waals surface area contributed by atoms with Crippen molar-refractivity contribution in [1.82, 2.24) is 0 Å². The highest BCUT2D eigenvalue weighted by molar-refractivity contribution is 6.01. The van der Waals surface area contributed by atoms with Gasteiger partial charge in [-0.1, -0.05) is 31.4 Å². The number of benzene rings is 2. The topological polar surface area (TPSA) is 74.0 Å². The van der Waals surface area contributed by atoms with Crippen LogP contribution < -0.4 is 25.6 Å². The summed E-state index contributed by atoms with van der Waals surface area (Å²) in [4.78, 5) is 4.44. The van der Waals surface area contributed by atoms with Gasteiger partial charge in [-0.25, -0.2) is 4.39 Å². The van der Waals surface area contributed by atoms with Crippen molar-refractivity contribution in [3.8, 4) is 5.75 Å². The van der Waals surface area contributed by atoms with Gasteiger partial charge in [-0.3, -0.25) is 0 Å². The standard InChI is InChI=1S/C29H35FN4O2/c1-4-33(21-10-6-5-7-11-21)16-9-15-32-26-24(30)25(31)23-19(2)22(20(3)35)18-34-27(23)28(26)36-17-14-29(34)12-8-13-29/h5-7,10-11,18,32,35H,2-4,8-9,12-17,31H2,1H3. The first-order chi connectivity index (χ1) is 17.4. The predicted octanol–water partition coefficient (Wildman–Crippen LogP) is 6.23. The number of nitrogen functional groups attached to an aromatic ring is 1. The number of anilines is 4. The van der Waals surface area contributed by atoms with Crippen molar-refractivity contribution in [2.24, 2.45) is 0 Å². The Kier molecular flexibility index (Phi) is 6.33. The lowest BCUT2D eigenvalue weighted by Crippen LogP contribution is -2.52.